The number of anilines is 1. The van der Waals surface area contributed by atoms with Gasteiger partial charge in [-0.15, -0.1) is 0 Å². The molecule has 2 aromatic carbocycles. The Morgan fingerprint density at radius 1 is 0.971 bits per heavy atom. The van der Waals surface area contributed by atoms with Gasteiger partial charge in [0.05, 0.1) is 11.9 Å². The molecule has 0 aliphatic carbocycles. The Bertz CT molecular complexity index is 1110. The van der Waals surface area contributed by atoms with E-state index in [1.807, 2.05) is 0 Å². The molecule has 2 rings (SSSR count). The van der Waals surface area contributed by atoms with Crippen molar-refractivity contribution >= 4 is 27.5 Å². The second-order valence-corrected chi connectivity index (χ2v) is 10.2. The summed E-state index contributed by atoms with van der Waals surface area (Å²) >= 11 is 0. The first kappa shape index (κ1) is 27.2. The highest BCUT2D eigenvalue weighted by atomic mass is 32.2. The number of amides is 2. The molecule has 1 atom stereocenters. The molecule has 7 nitrogen and oxygen atoms in total. The highest BCUT2D eigenvalue weighted by molar-refractivity contribution is 7.92. The van der Waals surface area contributed by atoms with Gasteiger partial charge in [0.25, 0.3) is 0 Å². The van der Waals surface area contributed by atoms with Crippen LogP contribution in [-0.4, -0.2) is 50.0 Å². The van der Waals surface area contributed by atoms with Crippen LogP contribution in [0.5, 0.6) is 0 Å². The lowest BCUT2D eigenvalue weighted by atomic mass is 10.1. The van der Waals surface area contributed by atoms with E-state index >= 15 is 0 Å². The van der Waals surface area contributed by atoms with Crippen molar-refractivity contribution < 1.29 is 26.8 Å². The molecule has 0 aromatic heterocycles. The minimum atomic E-state index is -3.80. The van der Waals surface area contributed by atoms with E-state index in [0.29, 0.717) is 0 Å². The summed E-state index contributed by atoms with van der Waals surface area (Å²) < 4.78 is 53.8. The van der Waals surface area contributed by atoms with Gasteiger partial charge in [-0.05, 0) is 45.4 Å². The maximum Gasteiger partial charge on any atom is 0.242 e. The molecule has 0 bridgehead atoms. The Hall–Kier alpha value is -3.01. The molecular weight excluding hydrogens is 464 g/mol. The standard InChI is InChI=1S/C24H31F2N3O4S/c1-17(2)27-24(31)18(3)28(16-19-10-5-6-11-20(19)25)23(30)14-9-15-29(34(4,32)33)22-13-8-7-12-21(22)26/h5-8,10-13,17-18H,9,14-16H2,1-4H3,(H,27,31)/t18-/m1/s1. The predicted molar refractivity (Wildman–Crippen MR) is 128 cm³/mol. The average molecular weight is 496 g/mol. The van der Waals surface area contributed by atoms with Gasteiger partial charge in [0.15, 0.2) is 0 Å². The zero-order chi connectivity index (χ0) is 25.5. The van der Waals surface area contributed by atoms with Crippen LogP contribution in [0.3, 0.4) is 0 Å². The number of nitrogens with one attached hydrogen (secondary N) is 1. The number of carbonyl (C=O) groups is 2. The van der Waals surface area contributed by atoms with Gasteiger partial charge < -0.3 is 10.2 Å². The summed E-state index contributed by atoms with van der Waals surface area (Å²) in [4.78, 5) is 27.0. The fourth-order valence-corrected chi connectivity index (χ4v) is 4.40. The molecule has 0 fully saturated rings. The first-order valence-electron chi connectivity index (χ1n) is 11.0. The summed E-state index contributed by atoms with van der Waals surface area (Å²) in [6, 6.07) is 10.4. The van der Waals surface area contributed by atoms with E-state index in [9.17, 15) is 26.8 Å². The summed E-state index contributed by atoms with van der Waals surface area (Å²) in [6.45, 7) is 4.87. The summed E-state index contributed by atoms with van der Waals surface area (Å²) in [5.74, 6) is -2.03. The molecule has 0 radical (unpaired) electrons. The molecule has 0 aliphatic heterocycles. The summed E-state index contributed by atoms with van der Waals surface area (Å²) in [5, 5.41) is 2.74. The lowest BCUT2D eigenvalue weighted by Crippen LogP contribution is -2.49. The van der Waals surface area contributed by atoms with Gasteiger partial charge in [-0.2, -0.15) is 0 Å². The number of hydrogen-bond donors (Lipinski definition) is 1. The van der Waals surface area contributed by atoms with Crippen LogP contribution >= 0.6 is 0 Å². The fraction of sp³-hybridized carbons (Fsp3) is 0.417. The quantitative estimate of drug-likeness (QED) is 0.517. The van der Waals surface area contributed by atoms with Gasteiger partial charge in [0.2, 0.25) is 21.8 Å². The third-order valence-electron chi connectivity index (χ3n) is 5.17. The van der Waals surface area contributed by atoms with E-state index < -0.39 is 33.6 Å². The van der Waals surface area contributed by atoms with Gasteiger partial charge in [-0.25, -0.2) is 17.2 Å². The Morgan fingerprint density at radius 2 is 1.56 bits per heavy atom. The smallest absolute Gasteiger partial charge is 0.242 e. The normalized spacial score (nSPS) is 12.3. The van der Waals surface area contributed by atoms with Crippen molar-refractivity contribution in [3.05, 3.63) is 65.7 Å². The van der Waals surface area contributed by atoms with Gasteiger partial charge >= 0.3 is 0 Å². The molecule has 10 heteroatoms. The molecule has 0 aliphatic rings. The Morgan fingerprint density at radius 3 is 2.12 bits per heavy atom. The predicted octanol–water partition coefficient (Wildman–Crippen LogP) is 3.45. The molecule has 34 heavy (non-hydrogen) atoms. The number of carbonyl (C=O) groups excluding carboxylic acids is 2. The number of nitrogens with zero attached hydrogens (tertiary/aromatic N) is 2. The van der Waals surface area contributed by atoms with Gasteiger partial charge in [-0.3, -0.25) is 13.9 Å². The van der Waals surface area contributed by atoms with Crippen LogP contribution in [0.4, 0.5) is 14.5 Å². The molecule has 0 spiro atoms. The maximum absolute atomic E-state index is 14.3. The van der Waals surface area contributed by atoms with Crippen LogP contribution in [0.2, 0.25) is 0 Å². The number of benzene rings is 2. The molecule has 0 heterocycles. The topological polar surface area (TPSA) is 86.8 Å². The van der Waals surface area contributed by atoms with Crippen LogP contribution in [0, 0.1) is 11.6 Å². The van der Waals surface area contributed by atoms with Crippen LogP contribution in [0.15, 0.2) is 48.5 Å². The molecule has 186 valence electrons. The summed E-state index contributed by atoms with van der Waals surface area (Å²) in [7, 11) is -3.80. The van der Waals surface area contributed by atoms with Gasteiger partial charge in [0.1, 0.15) is 17.7 Å². The first-order valence-corrected chi connectivity index (χ1v) is 12.8. The van der Waals surface area contributed by atoms with Gasteiger partial charge in [-0.1, -0.05) is 30.3 Å². The third-order valence-corrected chi connectivity index (χ3v) is 6.35. The minimum Gasteiger partial charge on any atom is -0.352 e. The number of sulfonamides is 1. The largest absolute Gasteiger partial charge is 0.352 e. The Labute approximate surface area is 199 Å². The lowest BCUT2D eigenvalue weighted by Gasteiger charge is -2.30. The fourth-order valence-electron chi connectivity index (χ4n) is 3.43. The molecule has 1 N–H and O–H groups in total. The number of halogens is 2. The molecule has 0 saturated carbocycles. The zero-order valence-corrected chi connectivity index (χ0v) is 20.6. The van der Waals surface area contributed by atoms with Crippen LogP contribution < -0.4 is 9.62 Å². The van der Waals surface area contributed by atoms with Crippen molar-refractivity contribution in [2.75, 3.05) is 17.1 Å². The second-order valence-electron chi connectivity index (χ2n) is 8.34. The lowest BCUT2D eigenvalue weighted by molar-refractivity contribution is -0.140. The van der Waals surface area contributed by atoms with Crippen molar-refractivity contribution in [3.63, 3.8) is 0 Å². The second kappa shape index (κ2) is 11.9. The van der Waals surface area contributed by atoms with E-state index in [0.717, 1.165) is 16.6 Å². The SMILES string of the molecule is CC(C)NC(=O)[C@@H](C)N(Cc1ccccc1F)C(=O)CCCN(c1ccccc1F)S(C)(=O)=O. The number of rotatable bonds is 11. The Balaban J connectivity index is 2.19. The molecule has 2 amide bonds. The first-order chi connectivity index (χ1) is 15.9. The third kappa shape index (κ3) is 7.51. The molecule has 2 aromatic rings. The van der Waals surface area contributed by atoms with E-state index in [1.54, 1.807) is 26.8 Å². The minimum absolute atomic E-state index is 0.0759. The van der Waals surface area contributed by atoms with E-state index in [2.05, 4.69) is 5.32 Å². The molecule has 0 saturated heterocycles. The van der Waals surface area contributed by atoms with Crippen molar-refractivity contribution in [2.24, 2.45) is 0 Å². The van der Waals surface area contributed by atoms with E-state index in [-0.39, 0.29) is 49.1 Å². The van der Waals surface area contributed by atoms with Crippen molar-refractivity contribution in [2.45, 2.75) is 52.2 Å². The van der Waals surface area contributed by atoms with E-state index in [4.69, 9.17) is 0 Å². The highest BCUT2D eigenvalue weighted by Gasteiger charge is 2.28. The van der Waals surface area contributed by atoms with Gasteiger partial charge in [0, 0.05) is 31.1 Å². The summed E-state index contributed by atoms with van der Waals surface area (Å²) in [5.41, 5.74) is 0.148. The van der Waals surface area contributed by atoms with Crippen LogP contribution in [-0.2, 0) is 26.2 Å². The monoisotopic (exact) mass is 495 g/mol. The molecule has 0 unspecified atom stereocenters. The van der Waals surface area contributed by atoms with Crippen molar-refractivity contribution in [1.29, 1.82) is 0 Å². The number of para-hydroxylation sites is 1. The van der Waals surface area contributed by atoms with Crippen LogP contribution in [0.25, 0.3) is 0 Å². The summed E-state index contributed by atoms with van der Waals surface area (Å²) in [6.07, 6.45) is 0.921. The van der Waals surface area contributed by atoms with Crippen molar-refractivity contribution in [3.8, 4) is 0 Å². The molecular formula is C24H31F2N3O4S. The van der Waals surface area contributed by atoms with E-state index in [1.165, 1.54) is 41.3 Å². The van der Waals surface area contributed by atoms with Crippen molar-refractivity contribution in [1.82, 2.24) is 10.2 Å². The number of hydrogen-bond acceptors (Lipinski definition) is 4. The van der Waals surface area contributed by atoms with Crippen LogP contribution in [0.1, 0.15) is 39.2 Å². The average Bonchev–Trinajstić information content (AvgIpc) is 2.75. The zero-order valence-electron chi connectivity index (χ0n) is 19.8. The highest BCUT2D eigenvalue weighted by Crippen LogP contribution is 2.22. The maximum atomic E-state index is 14.3. The Kier molecular flexibility index (Phi) is 9.55.